The Kier molecular flexibility index (Phi) is 9.53. The number of aliphatic imine (C=N–C) groups is 1. The maximum absolute atomic E-state index is 13.9. The van der Waals surface area contributed by atoms with E-state index in [2.05, 4.69) is 25.1 Å². The maximum Gasteiger partial charge on any atom is 0.573 e. The Labute approximate surface area is 266 Å². The van der Waals surface area contributed by atoms with Crippen molar-refractivity contribution in [1.29, 1.82) is 0 Å². The van der Waals surface area contributed by atoms with Crippen LogP contribution in [0.15, 0.2) is 78.0 Å². The molecule has 0 aliphatic carbocycles. The molecule has 0 saturated carbocycles. The summed E-state index contributed by atoms with van der Waals surface area (Å²) in [5.74, 6) is -0.155. The first-order valence-electron chi connectivity index (χ1n) is 13.9. The highest BCUT2D eigenvalue weighted by atomic mass is 32.2. The van der Waals surface area contributed by atoms with E-state index in [0.717, 1.165) is 11.1 Å². The lowest BCUT2D eigenvalue weighted by Gasteiger charge is -2.22. The molecule has 0 radical (unpaired) electrons. The number of ether oxygens (including phenoxy) is 1. The van der Waals surface area contributed by atoms with Gasteiger partial charge in [0.05, 0.1) is 17.1 Å². The molecule has 1 fully saturated rings. The number of hydrogen-bond donors (Lipinski definition) is 1. The summed E-state index contributed by atoms with van der Waals surface area (Å²) in [5, 5.41) is 8.32. The first kappa shape index (κ1) is 32.1. The second-order valence-corrected chi connectivity index (χ2v) is 11.9. The van der Waals surface area contributed by atoms with Gasteiger partial charge in [-0.1, -0.05) is 49.9 Å². The Morgan fingerprint density at radius 1 is 1.09 bits per heavy atom. The molecule has 8 nitrogen and oxygen atoms in total. The lowest BCUT2D eigenvalue weighted by Crippen LogP contribution is -2.35. The highest BCUT2D eigenvalue weighted by Crippen LogP contribution is 2.34. The minimum absolute atomic E-state index is 0.000770. The van der Waals surface area contributed by atoms with Gasteiger partial charge in [-0.05, 0) is 85.1 Å². The quantitative estimate of drug-likeness (QED) is 0.161. The van der Waals surface area contributed by atoms with Crippen LogP contribution in [0.5, 0.6) is 5.75 Å². The van der Waals surface area contributed by atoms with Gasteiger partial charge in [-0.3, -0.25) is 9.69 Å². The summed E-state index contributed by atoms with van der Waals surface area (Å²) in [7, 11) is 0. The minimum atomic E-state index is -4.76. The fraction of sp³-hybridized carbons (Fsp3) is 0.258. The van der Waals surface area contributed by atoms with Gasteiger partial charge in [0.1, 0.15) is 17.9 Å². The molecular formula is C31H28F4N6O2S2. The van der Waals surface area contributed by atoms with Gasteiger partial charge in [-0.2, -0.15) is 4.99 Å². The summed E-state index contributed by atoms with van der Waals surface area (Å²) >= 11 is 6.79. The fourth-order valence-corrected chi connectivity index (χ4v) is 5.93. The number of carbonyl (C=O) groups excluding carboxylic acids is 1. The van der Waals surface area contributed by atoms with Gasteiger partial charge in [-0.15, -0.1) is 18.3 Å². The first-order chi connectivity index (χ1) is 21.4. The van der Waals surface area contributed by atoms with Crippen molar-refractivity contribution in [3.8, 4) is 22.8 Å². The molecule has 1 atom stereocenters. The van der Waals surface area contributed by atoms with Crippen LogP contribution in [0.3, 0.4) is 0 Å². The molecule has 1 aliphatic heterocycles. The molecule has 1 saturated heterocycles. The lowest BCUT2D eigenvalue weighted by atomic mass is 10.0. The molecular weight excluding hydrogens is 629 g/mol. The van der Waals surface area contributed by atoms with Crippen LogP contribution in [0.4, 0.5) is 23.2 Å². The van der Waals surface area contributed by atoms with Crippen molar-refractivity contribution in [1.82, 2.24) is 20.1 Å². The monoisotopic (exact) mass is 656 g/mol. The second-order valence-electron chi connectivity index (χ2n) is 10.6. The van der Waals surface area contributed by atoms with Crippen LogP contribution in [0.25, 0.3) is 17.1 Å². The molecule has 1 aliphatic rings. The average Bonchev–Trinajstić information content (AvgIpc) is 3.60. The van der Waals surface area contributed by atoms with Gasteiger partial charge in [0.15, 0.2) is 16.1 Å². The highest BCUT2D eigenvalue weighted by Gasteiger charge is 2.32. The number of hydrogen-bond acceptors (Lipinski definition) is 6. The van der Waals surface area contributed by atoms with E-state index in [9.17, 15) is 22.4 Å². The molecule has 4 aromatic rings. The van der Waals surface area contributed by atoms with Crippen LogP contribution >= 0.6 is 24.0 Å². The van der Waals surface area contributed by atoms with Crippen LogP contribution in [-0.4, -0.2) is 49.1 Å². The number of thioether (sulfide) groups is 1. The van der Waals surface area contributed by atoms with Gasteiger partial charge in [0.25, 0.3) is 0 Å². The number of aromatic nitrogens is 3. The number of carbonyl (C=O) groups is 1. The zero-order valence-electron chi connectivity index (χ0n) is 24.4. The predicted molar refractivity (Wildman–Crippen MR) is 170 cm³/mol. The van der Waals surface area contributed by atoms with Crippen molar-refractivity contribution in [2.24, 2.45) is 4.99 Å². The molecule has 1 unspecified atom stereocenters. The standard InChI is InChI=1S/C31H28F4N6O2S2/c1-18(2)25-15-22(32)8-13-26(25)41-27(42)16-45-30(41)38-29(44)37-19(3)14-20-4-6-21(7-5-20)28-36-17-40(39-28)23-9-11-24(12-10-23)43-31(33,34)35/h4-13,15,17-19H,14,16H2,1-3H3,(H,37,44)/b38-30-. The highest BCUT2D eigenvalue weighted by molar-refractivity contribution is 8.15. The zero-order valence-corrected chi connectivity index (χ0v) is 26.0. The average molecular weight is 657 g/mol. The van der Waals surface area contributed by atoms with E-state index in [4.69, 9.17) is 12.2 Å². The van der Waals surface area contributed by atoms with E-state index >= 15 is 0 Å². The van der Waals surface area contributed by atoms with Crippen molar-refractivity contribution in [3.05, 3.63) is 90.0 Å². The number of alkyl halides is 3. The molecule has 1 amide bonds. The Morgan fingerprint density at radius 3 is 2.47 bits per heavy atom. The number of anilines is 1. The van der Waals surface area contributed by atoms with Gasteiger partial charge in [-0.25, -0.2) is 14.1 Å². The fourth-order valence-electron chi connectivity index (χ4n) is 4.72. The molecule has 0 bridgehead atoms. The Hall–Kier alpha value is -4.30. The second kappa shape index (κ2) is 13.4. The smallest absolute Gasteiger partial charge is 0.406 e. The van der Waals surface area contributed by atoms with Crippen molar-refractivity contribution in [3.63, 3.8) is 0 Å². The van der Waals surface area contributed by atoms with Crippen molar-refractivity contribution < 1.29 is 27.1 Å². The van der Waals surface area contributed by atoms with Crippen LogP contribution in [0.1, 0.15) is 37.8 Å². The third-order valence-electron chi connectivity index (χ3n) is 6.77. The van der Waals surface area contributed by atoms with Gasteiger partial charge >= 0.3 is 6.36 Å². The van der Waals surface area contributed by atoms with Crippen LogP contribution in [-0.2, 0) is 11.2 Å². The topological polar surface area (TPSA) is 84.6 Å². The van der Waals surface area contributed by atoms with Crippen LogP contribution < -0.4 is 15.0 Å². The first-order valence-corrected chi connectivity index (χ1v) is 15.3. The van der Waals surface area contributed by atoms with Crippen molar-refractivity contribution in [2.45, 2.75) is 45.5 Å². The number of nitrogens with zero attached hydrogens (tertiary/aromatic N) is 5. The van der Waals surface area contributed by atoms with Gasteiger partial charge < -0.3 is 10.1 Å². The lowest BCUT2D eigenvalue weighted by molar-refractivity contribution is -0.274. The molecule has 2 heterocycles. The number of nitrogens with one attached hydrogen (secondary N) is 1. The van der Waals surface area contributed by atoms with Crippen LogP contribution in [0, 0.1) is 5.82 Å². The minimum Gasteiger partial charge on any atom is -0.406 e. The van der Waals surface area contributed by atoms with Crippen molar-refractivity contribution >= 4 is 45.9 Å². The number of amides is 1. The number of halogens is 4. The molecule has 5 rings (SSSR count). The molecule has 45 heavy (non-hydrogen) atoms. The molecule has 3 aromatic carbocycles. The number of amidine groups is 1. The number of benzene rings is 3. The largest absolute Gasteiger partial charge is 0.573 e. The van der Waals surface area contributed by atoms with Crippen molar-refractivity contribution in [2.75, 3.05) is 10.7 Å². The van der Waals surface area contributed by atoms with E-state index < -0.39 is 6.36 Å². The summed E-state index contributed by atoms with van der Waals surface area (Å²) in [6, 6.07) is 17.3. The van der Waals surface area contributed by atoms with E-state index in [-0.39, 0.29) is 40.3 Å². The Bertz CT molecular complexity index is 1720. The van der Waals surface area contributed by atoms with Gasteiger partial charge in [0.2, 0.25) is 5.91 Å². The van der Waals surface area contributed by atoms with E-state index in [1.807, 2.05) is 45.0 Å². The SMILES string of the molecule is CC(Cc1ccc(-c2ncn(-c3ccc(OC(F)(F)F)cc3)n2)cc1)NC(=S)/N=C1\SCC(=O)N1c1ccc(F)cc1C(C)C. The molecule has 1 N–H and O–H groups in total. The molecule has 234 valence electrons. The molecule has 14 heteroatoms. The zero-order chi connectivity index (χ0) is 32.3. The molecule has 0 spiro atoms. The number of rotatable bonds is 8. The van der Waals surface area contributed by atoms with E-state index in [1.165, 1.54) is 64.1 Å². The van der Waals surface area contributed by atoms with E-state index in [1.54, 1.807) is 6.07 Å². The third kappa shape index (κ3) is 8.05. The maximum atomic E-state index is 13.9. The Balaban J connectivity index is 1.20. The number of thiocarbonyl (C=S) groups is 1. The summed E-state index contributed by atoms with van der Waals surface area (Å²) in [5.41, 5.74) is 3.63. The summed E-state index contributed by atoms with van der Waals surface area (Å²) in [6.45, 7) is 5.85. The van der Waals surface area contributed by atoms with E-state index in [0.29, 0.717) is 34.4 Å². The normalized spacial score (nSPS) is 15.2. The molecule has 1 aromatic heterocycles. The Morgan fingerprint density at radius 2 is 1.80 bits per heavy atom. The predicted octanol–water partition coefficient (Wildman–Crippen LogP) is 7.04. The van der Waals surface area contributed by atoms with Gasteiger partial charge in [0, 0.05) is 11.6 Å². The van der Waals surface area contributed by atoms with Crippen LogP contribution in [0.2, 0.25) is 0 Å². The summed E-state index contributed by atoms with van der Waals surface area (Å²) in [6.07, 6.45) is -2.65. The summed E-state index contributed by atoms with van der Waals surface area (Å²) in [4.78, 5) is 23.1. The summed E-state index contributed by atoms with van der Waals surface area (Å²) < 4.78 is 56.6. The third-order valence-corrected chi connectivity index (χ3v) is 7.90.